The molecule has 40 heavy (non-hydrogen) atoms. The zero-order chi connectivity index (χ0) is 28.3. The maximum Gasteiger partial charge on any atom is 0.308 e. The van der Waals surface area contributed by atoms with Crippen LogP contribution in [0, 0.1) is 5.92 Å². The van der Waals surface area contributed by atoms with Gasteiger partial charge >= 0.3 is 5.97 Å². The molecule has 1 heterocycles. The van der Waals surface area contributed by atoms with Gasteiger partial charge < -0.3 is 24.0 Å². The molecule has 1 saturated heterocycles. The fourth-order valence-electron chi connectivity index (χ4n) is 6.95. The highest BCUT2D eigenvalue weighted by Crippen LogP contribution is 2.54. The molecule has 0 bridgehead atoms. The van der Waals surface area contributed by atoms with Gasteiger partial charge in [-0.3, -0.25) is 9.59 Å². The highest BCUT2D eigenvalue weighted by atomic mass is 16.5. The minimum Gasteiger partial charge on any atom is -0.497 e. The van der Waals surface area contributed by atoms with Crippen molar-refractivity contribution in [1.29, 1.82) is 0 Å². The number of carbonyl (C=O) groups excluding carboxylic acids is 2. The summed E-state index contributed by atoms with van der Waals surface area (Å²) in [4.78, 5) is 29.6. The molecule has 0 unspecified atom stereocenters. The van der Waals surface area contributed by atoms with E-state index in [4.69, 9.17) is 14.2 Å². The highest BCUT2D eigenvalue weighted by Gasteiger charge is 2.59. The first-order valence-corrected chi connectivity index (χ1v) is 14.4. The summed E-state index contributed by atoms with van der Waals surface area (Å²) in [6, 6.07) is 15.7. The molecular weight excluding hydrogens is 504 g/mol. The van der Waals surface area contributed by atoms with Crippen molar-refractivity contribution in [2.24, 2.45) is 5.92 Å². The molecule has 5 rings (SSSR count). The maximum atomic E-state index is 13.4. The number of amides is 1. The predicted molar refractivity (Wildman–Crippen MR) is 155 cm³/mol. The van der Waals surface area contributed by atoms with Crippen LogP contribution >= 0.6 is 0 Å². The van der Waals surface area contributed by atoms with Crippen molar-refractivity contribution >= 4 is 18.0 Å². The molecule has 7 nitrogen and oxygen atoms in total. The Balaban J connectivity index is 1.43. The summed E-state index contributed by atoms with van der Waals surface area (Å²) in [5.74, 6) is 1.77. The zero-order valence-corrected chi connectivity index (χ0v) is 24.2. The van der Waals surface area contributed by atoms with Crippen LogP contribution in [0.25, 0.3) is 6.08 Å². The van der Waals surface area contributed by atoms with Crippen molar-refractivity contribution < 1.29 is 23.8 Å². The van der Waals surface area contributed by atoms with Crippen LogP contribution < -0.4 is 9.47 Å². The Morgan fingerprint density at radius 3 is 2.55 bits per heavy atom. The average molecular weight is 547 g/mol. The lowest BCUT2D eigenvalue weighted by Gasteiger charge is -2.60. The normalized spacial score (nSPS) is 26.8. The van der Waals surface area contributed by atoms with Gasteiger partial charge in [0.05, 0.1) is 12.7 Å². The lowest BCUT2D eigenvalue weighted by atomic mass is 9.55. The van der Waals surface area contributed by atoms with Crippen LogP contribution in [0.15, 0.2) is 54.6 Å². The Bertz CT molecular complexity index is 1260. The first-order chi connectivity index (χ1) is 19.3. The van der Waals surface area contributed by atoms with Gasteiger partial charge in [-0.15, -0.1) is 0 Å². The van der Waals surface area contributed by atoms with Crippen LogP contribution in [-0.2, 0) is 19.7 Å². The second-order valence-corrected chi connectivity index (χ2v) is 11.8. The van der Waals surface area contributed by atoms with Crippen molar-refractivity contribution in [1.82, 2.24) is 9.80 Å². The largest absolute Gasteiger partial charge is 0.497 e. The molecule has 0 spiro atoms. The average Bonchev–Trinajstić information content (AvgIpc) is 3.79. The summed E-state index contributed by atoms with van der Waals surface area (Å²) in [6.45, 7) is 4.42. The van der Waals surface area contributed by atoms with Crippen molar-refractivity contribution in [2.45, 2.75) is 62.5 Å². The molecule has 0 aromatic heterocycles. The Morgan fingerprint density at radius 2 is 1.82 bits per heavy atom. The number of hydrogen-bond donors (Lipinski definition) is 0. The van der Waals surface area contributed by atoms with Gasteiger partial charge in [0.15, 0.2) is 0 Å². The third-order valence-electron chi connectivity index (χ3n) is 9.33. The van der Waals surface area contributed by atoms with Crippen LogP contribution in [0.1, 0.15) is 56.6 Å². The number of hydrogen-bond acceptors (Lipinski definition) is 6. The van der Waals surface area contributed by atoms with Crippen LogP contribution in [-0.4, -0.2) is 74.2 Å². The first kappa shape index (κ1) is 28.4. The first-order valence-electron chi connectivity index (χ1n) is 14.4. The molecule has 2 saturated carbocycles. The number of likely N-dealkylation sites (tertiary alicyclic amines) is 1. The third kappa shape index (κ3) is 5.81. The number of carbonyl (C=O) groups is 2. The molecule has 2 aliphatic carbocycles. The summed E-state index contributed by atoms with van der Waals surface area (Å²) in [7, 11) is 5.39. The maximum absolute atomic E-state index is 13.4. The second-order valence-electron chi connectivity index (χ2n) is 11.8. The second kappa shape index (κ2) is 11.8. The van der Waals surface area contributed by atoms with E-state index in [1.165, 1.54) is 19.8 Å². The highest BCUT2D eigenvalue weighted by molar-refractivity contribution is 5.91. The molecule has 3 atom stereocenters. The van der Waals surface area contributed by atoms with Crippen molar-refractivity contribution in [3.8, 4) is 11.5 Å². The quantitative estimate of drug-likeness (QED) is 0.248. The summed E-state index contributed by atoms with van der Waals surface area (Å²) in [5, 5.41) is 0. The number of nitrogens with zero attached hydrogens (tertiary/aromatic N) is 2. The Labute approximate surface area is 238 Å². The van der Waals surface area contributed by atoms with E-state index in [1.54, 1.807) is 13.2 Å². The molecule has 0 radical (unpaired) electrons. The minimum atomic E-state index is -0.383. The number of likely N-dealkylation sites (N-methyl/N-ethyl adjacent to an activating group) is 1. The van der Waals surface area contributed by atoms with Gasteiger partial charge in [-0.25, -0.2) is 0 Å². The molecule has 0 N–H and O–H groups in total. The van der Waals surface area contributed by atoms with E-state index in [9.17, 15) is 9.59 Å². The van der Waals surface area contributed by atoms with Gasteiger partial charge in [-0.2, -0.15) is 0 Å². The SMILES string of the molecule is COc1cccc(C=CC(=O)N(C)[C@H]2CC[C@]3(OC)CN(CC4CC4)CC[C@@]3(c3cccc(OC(C)=O)c3)C2)c1. The number of esters is 1. The molecule has 2 aromatic rings. The van der Waals surface area contributed by atoms with E-state index in [0.717, 1.165) is 68.1 Å². The van der Waals surface area contributed by atoms with Crippen LogP contribution in [0.2, 0.25) is 0 Å². The molecule has 214 valence electrons. The van der Waals surface area contributed by atoms with Crippen molar-refractivity contribution in [3.63, 3.8) is 0 Å². The topological polar surface area (TPSA) is 68.3 Å². The van der Waals surface area contributed by atoms with E-state index in [0.29, 0.717) is 5.75 Å². The standard InChI is InChI=1S/C33H42N2O5/c1-24(36)40-30-10-6-8-27(20-30)32-17-18-35(22-26-11-12-26)23-33(32,39-4)16-15-28(21-32)34(2)31(37)14-13-25-7-5-9-29(19-25)38-3/h5-10,13-14,19-20,26,28H,11-12,15-18,21-23H2,1-4H3/t28-,32-,33-/m0/s1. The summed E-state index contributed by atoms with van der Waals surface area (Å²) in [6.07, 6.45) is 9.58. The molecule has 3 aliphatic rings. The number of methoxy groups -OCH3 is 2. The molecule has 1 amide bonds. The van der Waals surface area contributed by atoms with E-state index in [2.05, 4.69) is 11.0 Å². The van der Waals surface area contributed by atoms with Crippen molar-refractivity contribution in [2.75, 3.05) is 40.9 Å². The monoisotopic (exact) mass is 546 g/mol. The summed E-state index contributed by atoms with van der Waals surface area (Å²) < 4.78 is 17.3. The lowest BCUT2D eigenvalue weighted by molar-refractivity contribution is -0.159. The van der Waals surface area contributed by atoms with Gasteiger partial charge in [0.25, 0.3) is 0 Å². The number of benzene rings is 2. The van der Waals surface area contributed by atoms with E-state index < -0.39 is 0 Å². The van der Waals surface area contributed by atoms with Crippen LogP contribution in [0.4, 0.5) is 0 Å². The predicted octanol–water partition coefficient (Wildman–Crippen LogP) is 5.08. The Kier molecular flexibility index (Phi) is 8.34. The van der Waals surface area contributed by atoms with Gasteiger partial charge in [0.1, 0.15) is 11.5 Å². The summed E-state index contributed by atoms with van der Waals surface area (Å²) >= 11 is 0. The summed E-state index contributed by atoms with van der Waals surface area (Å²) in [5.41, 5.74) is 1.35. The van der Waals surface area contributed by atoms with Gasteiger partial charge in [0, 0.05) is 51.7 Å². The number of rotatable bonds is 9. The van der Waals surface area contributed by atoms with Gasteiger partial charge in [-0.1, -0.05) is 24.3 Å². The number of ether oxygens (including phenoxy) is 3. The van der Waals surface area contributed by atoms with Crippen LogP contribution in [0.3, 0.4) is 0 Å². The lowest BCUT2D eigenvalue weighted by Crippen LogP contribution is -2.68. The fourth-order valence-corrected chi connectivity index (χ4v) is 6.95. The molecule has 2 aromatic carbocycles. The number of fused-ring (bicyclic) bond motifs is 1. The fraction of sp³-hybridized carbons (Fsp3) is 0.515. The molecule has 1 aliphatic heterocycles. The Morgan fingerprint density at radius 1 is 1.05 bits per heavy atom. The molecular formula is C33H42N2O5. The van der Waals surface area contributed by atoms with Crippen LogP contribution in [0.5, 0.6) is 11.5 Å². The Hall–Kier alpha value is -3.16. The van der Waals surface area contributed by atoms with Gasteiger partial charge in [-0.05, 0) is 92.5 Å². The van der Waals surface area contributed by atoms with E-state index >= 15 is 0 Å². The van der Waals surface area contributed by atoms with Gasteiger partial charge in [0.2, 0.25) is 5.91 Å². The molecule has 3 fully saturated rings. The zero-order valence-electron chi connectivity index (χ0n) is 24.2. The third-order valence-corrected chi connectivity index (χ3v) is 9.33. The minimum absolute atomic E-state index is 0.0206. The molecule has 7 heteroatoms. The van der Waals surface area contributed by atoms with E-state index in [-0.39, 0.29) is 28.9 Å². The van der Waals surface area contributed by atoms with E-state index in [1.807, 2.05) is 67.6 Å². The van der Waals surface area contributed by atoms with Crippen molar-refractivity contribution in [3.05, 3.63) is 65.7 Å². The smallest absolute Gasteiger partial charge is 0.308 e. The number of piperidine rings is 1.